The molecule has 0 fully saturated rings. The molecule has 2 aromatic carbocycles. The Bertz CT molecular complexity index is 694. The second-order valence-corrected chi connectivity index (χ2v) is 6.77. The minimum Gasteiger partial charge on any atom is -0.325 e. The third kappa shape index (κ3) is 5.43. The smallest absolute Gasteiger partial charge is 0.238 e. The lowest BCUT2D eigenvalue weighted by Gasteiger charge is -2.16. The third-order valence-corrected chi connectivity index (χ3v) is 4.64. The number of nitrogens with one attached hydrogen (secondary N) is 2. The lowest BCUT2D eigenvalue weighted by atomic mass is 10.1. The van der Waals surface area contributed by atoms with Gasteiger partial charge in [-0.3, -0.25) is 4.79 Å². The first kappa shape index (κ1) is 18.1. The number of thioether (sulfide) groups is 1. The van der Waals surface area contributed by atoms with Gasteiger partial charge in [0.05, 0.1) is 6.54 Å². The van der Waals surface area contributed by atoms with Gasteiger partial charge in [0.15, 0.2) is 0 Å². The Morgan fingerprint density at radius 3 is 2.70 bits per heavy atom. The molecule has 1 amide bonds. The summed E-state index contributed by atoms with van der Waals surface area (Å²) in [4.78, 5) is 13.2. The monoisotopic (exact) mass is 368 g/mol. The number of carbonyl (C=O) groups excluding carboxylic acids is 1. The lowest BCUT2D eigenvalue weighted by molar-refractivity contribution is -0.115. The first-order chi connectivity index (χ1) is 11.0. The Hall–Kier alpha value is -1.20. The van der Waals surface area contributed by atoms with E-state index in [0.29, 0.717) is 10.0 Å². The Kier molecular flexibility index (Phi) is 6.78. The van der Waals surface area contributed by atoms with Crippen LogP contribution in [-0.4, -0.2) is 18.7 Å². The summed E-state index contributed by atoms with van der Waals surface area (Å²) in [5.41, 5.74) is 1.70. The van der Waals surface area contributed by atoms with Gasteiger partial charge in [-0.15, -0.1) is 11.8 Å². The quantitative estimate of drug-likeness (QED) is 0.704. The molecular formula is C17H18Cl2N2OS. The third-order valence-electron chi connectivity index (χ3n) is 3.35. The van der Waals surface area contributed by atoms with Gasteiger partial charge in [0.2, 0.25) is 5.91 Å². The van der Waals surface area contributed by atoms with E-state index in [0.717, 1.165) is 16.1 Å². The van der Waals surface area contributed by atoms with Gasteiger partial charge < -0.3 is 10.6 Å². The van der Waals surface area contributed by atoms with E-state index in [9.17, 15) is 4.79 Å². The van der Waals surface area contributed by atoms with Crippen LogP contribution in [0.4, 0.5) is 5.69 Å². The first-order valence-electron chi connectivity index (χ1n) is 7.12. The Labute approximate surface area is 150 Å². The van der Waals surface area contributed by atoms with Gasteiger partial charge in [0, 0.05) is 26.7 Å². The van der Waals surface area contributed by atoms with E-state index in [4.69, 9.17) is 23.2 Å². The molecule has 0 radical (unpaired) electrons. The maximum absolute atomic E-state index is 12.1. The van der Waals surface area contributed by atoms with Crippen LogP contribution in [-0.2, 0) is 4.79 Å². The number of anilines is 1. The molecule has 23 heavy (non-hydrogen) atoms. The SMILES string of the molecule is CSc1cccc(NC(=O)CN[C@H](C)c2ccc(Cl)cc2Cl)c1. The molecule has 0 spiro atoms. The molecule has 6 heteroatoms. The number of halogens is 2. The maximum atomic E-state index is 12.1. The average Bonchev–Trinajstić information content (AvgIpc) is 2.53. The number of carbonyl (C=O) groups is 1. The molecule has 122 valence electrons. The molecule has 0 saturated carbocycles. The maximum Gasteiger partial charge on any atom is 0.238 e. The fourth-order valence-corrected chi connectivity index (χ4v) is 3.15. The van der Waals surface area contributed by atoms with Crippen molar-refractivity contribution in [2.24, 2.45) is 0 Å². The highest BCUT2D eigenvalue weighted by Gasteiger charge is 2.11. The van der Waals surface area contributed by atoms with Crippen LogP contribution in [0.2, 0.25) is 10.0 Å². The number of benzene rings is 2. The van der Waals surface area contributed by atoms with E-state index < -0.39 is 0 Å². The fraction of sp³-hybridized carbons (Fsp3) is 0.235. The van der Waals surface area contributed by atoms with Crippen molar-refractivity contribution in [3.05, 3.63) is 58.1 Å². The molecule has 0 aliphatic heterocycles. The van der Waals surface area contributed by atoms with Gasteiger partial charge in [-0.2, -0.15) is 0 Å². The molecule has 0 aliphatic rings. The van der Waals surface area contributed by atoms with Gasteiger partial charge in [-0.05, 0) is 49.1 Å². The Morgan fingerprint density at radius 1 is 1.22 bits per heavy atom. The van der Waals surface area contributed by atoms with Crippen LogP contribution in [0.3, 0.4) is 0 Å². The van der Waals surface area contributed by atoms with Gasteiger partial charge in [-0.1, -0.05) is 35.3 Å². The fourth-order valence-electron chi connectivity index (χ4n) is 2.11. The normalized spacial score (nSPS) is 12.0. The topological polar surface area (TPSA) is 41.1 Å². The van der Waals surface area contributed by atoms with Crippen molar-refractivity contribution >= 4 is 46.6 Å². The van der Waals surface area contributed by atoms with E-state index in [1.165, 1.54) is 0 Å². The Balaban J connectivity index is 1.90. The molecule has 2 aromatic rings. The Morgan fingerprint density at radius 2 is 2.00 bits per heavy atom. The summed E-state index contributed by atoms with van der Waals surface area (Å²) in [5, 5.41) is 7.22. The van der Waals surface area contributed by atoms with Crippen molar-refractivity contribution < 1.29 is 4.79 Å². The average molecular weight is 369 g/mol. The lowest BCUT2D eigenvalue weighted by Crippen LogP contribution is -2.30. The molecule has 1 atom stereocenters. The number of amides is 1. The van der Waals surface area contributed by atoms with Crippen molar-refractivity contribution in [2.75, 3.05) is 18.1 Å². The van der Waals surface area contributed by atoms with Crippen LogP contribution in [0.5, 0.6) is 0 Å². The first-order valence-corrected chi connectivity index (χ1v) is 9.10. The number of hydrogen-bond acceptors (Lipinski definition) is 3. The van der Waals surface area contributed by atoms with Gasteiger partial charge >= 0.3 is 0 Å². The van der Waals surface area contributed by atoms with Gasteiger partial charge in [-0.25, -0.2) is 0 Å². The summed E-state index contributed by atoms with van der Waals surface area (Å²) in [7, 11) is 0. The van der Waals surface area contributed by atoms with Crippen LogP contribution in [0.15, 0.2) is 47.4 Å². The van der Waals surface area contributed by atoms with Crippen molar-refractivity contribution in [1.82, 2.24) is 5.32 Å². The predicted octanol–water partition coefficient (Wildman–Crippen LogP) is 5.00. The largest absolute Gasteiger partial charge is 0.325 e. The summed E-state index contributed by atoms with van der Waals surface area (Å²) in [6.07, 6.45) is 2.00. The highest BCUT2D eigenvalue weighted by molar-refractivity contribution is 7.98. The molecule has 2 N–H and O–H groups in total. The molecular weight excluding hydrogens is 351 g/mol. The molecule has 3 nitrogen and oxygen atoms in total. The van der Waals surface area contributed by atoms with Crippen LogP contribution >= 0.6 is 35.0 Å². The van der Waals surface area contributed by atoms with Gasteiger partial charge in [0.1, 0.15) is 0 Å². The van der Waals surface area contributed by atoms with Crippen molar-refractivity contribution in [2.45, 2.75) is 17.9 Å². The highest BCUT2D eigenvalue weighted by atomic mass is 35.5. The van der Waals surface area contributed by atoms with Crippen LogP contribution in [0, 0.1) is 0 Å². The molecule has 0 bridgehead atoms. The molecule has 0 unspecified atom stereocenters. The van der Waals surface area contributed by atoms with Crippen molar-refractivity contribution in [3.63, 3.8) is 0 Å². The summed E-state index contributed by atoms with van der Waals surface area (Å²) in [6.45, 7) is 2.15. The van der Waals surface area contributed by atoms with Crippen molar-refractivity contribution in [3.8, 4) is 0 Å². The second kappa shape index (κ2) is 8.60. The van der Waals surface area contributed by atoms with E-state index >= 15 is 0 Å². The zero-order valence-electron chi connectivity index (χ0n) is 12.9. The van der Waals surface area contributed by atoms with Crippen LogP contribution < -0.4 is 10.6 Å². The van der Waals surface area contributed by atoms with Crippen LogP contribution in [0.25, 0.3) is 0 Å². The summed E-state index contributed by atoms with van der Waals surface area (Å²) in [5.74, 6) is -0.0970. The summed E-state index contributed by atoms with van der Waals surface area (Å²) < 4.78 is 0. The van der Waals surface area contributed by atoms with E-state index in [2.05, 4.69) is 10.6 Å². The molecule has 0 aromatic heterocycles. The van der Waals surface area contributed by atoms with E-state index in [-0.39, 0.29) is 18.5 Å². The number of hydrogen-bond donors (Lipinski definition) is 2. The second-order valence-electron chi connectivity index (χ2n) is 5.05. The number of rotatable bonds is 6. The highest BCUT2D eigenvalue weighted by Crippen LogP contribution is 2.26. The van der Waals surface area contributed by atoms with Crippen molar-refractivity contribution in [1.29, 1.82) is 0 Å². The minimum absolute atomic E-state index is 0.0527. The predicted molar refractivity (Wildman–Crippen MR) is 99.7 cm³/mol. The van der Waals surface area contributed by atoms with Gasteiger partial charge in [0.25, 0.3) is 0 Å². The standard InChI is InChI=1S/C17H18Cl2N2OS/c1-11(15-7-6-12(18)8-16(15)19)20-10-17(22)21-13-4-3-5-14(9-13)23-2/h3-9,11,20H,10H2,1-2H3,(H,21,22)/t11-/m1/s1. The summed E-state index contributed by atoms with van der Waals surface area (Å²) >= 11 is 13.7. The summed E-state index contributed by atoms with van der Waals surface area (Å²) in [6, 6.07) is 13.0. The minimum atomic E-state index is -0.0970. The van der Waals surface area contributed by atoms with E-state index in [1.807, 2.05) is 43.5 Å². The molecule has 0 saturated heterocycles. The molecule has 0 aliphatic carbocycles. The molecule has 2 rings (SSSR count). The van der Waals surface area contributed by atoms with Crippen LogP contribution in [0.1, 0.15) is 18.5 Å². The zero-order chi connectivity index (χ0) is 16.8. The van der Waals surface area contributed by atoms with E-state index in [1.54, 1.807) is 23.9 Å². The molecule has 0 heterocycles. The zero-order valence-corrected chi connectivity index (χ0v) is 15.2.